The molecule has 15 aromatic rings. The van der Waals surface area contributed by atoms with Crippen LogP contribution in [-0.4, -0.2) is 0 Å². The second-order valence-electron chi connectivity index (χ2n) is 21.5. The van der Waals surface area contributed by atoms with Crippen molar-refractivity contribution in [1.29, 1.82) is 0 Å². The predicted octanol–water partition coefficient (Wildman–Crippen LogP) is 20.6. The minimum atomic E-state index is -0.206. The van der Waals surface area contributed by atoms with Crippen molar-refractivity contribution in [1.82, 2.24) is 0 Å². The lowest BCUT2D eigenvalue weighted by Gasteiger charge is -2.25. The van der Waals surface area contributed by atoms with E-state index in [9.17, 15) is 0 Å². The van der Waals surface area contributed by atoms with Gasteiger partial charge in [0.2, 0.25) is 0 Å². The number of hydrogen-bond donors (Lipinski definition) is 0. The van der Waals surface area contributed by atoms with E-state index in [2.05, 4.69) is 263 Å². The van der Waals surface area contributed by atoms with E-state index in [1.54, 1.807) is 0 Å². The fourth-order valence-corrected chi connectivity index (χ4v) is 13.2. The normalized spacial score (nSPS) is 13.1. The zero-order valence-corrected chi connectivity index (χ0v) is 42.1. The summed E-state index contributed by atoms with van der Waals surface area (Å²) >= 11 is 0. The Balaban J connectivity index is 0.858. The number of furan rings is 2. The lowest BCUT2D eigenvalue weighted by Crippen LogP contribution is -2.16. The predicted molar refractivity (Wildman–Crippen MR) is 319 cm³/mol. The van der Waals surface area contributed by atoms with Gasteiger partial charge in [-0.15, -0.1) is 0 Å². The second kappa shape index (κ2) is 16.2. The highest BCUT2D eigenvalue weighted by Crippen LogP contribution is 2.52. The molecule has 0 unspecified atom stereocenters. The molecule has 0 radical (unpaired) electrons. The molecule has 1 aliphatic carbocycles. The van der Waals surface area contributed by atoms with Gasteiger partial charge in [0.15, 0.2) is 0 Å². The summed E-state index contributed by atoms with van der Waals surface area (Å²) in [4.78, 5) is 0. The fourth-order valence-electron chi connectivity index (χ4n) is 13.2. The molecule has 0 spiro atoms. The molecule has 0 saturated carbocycles. The van der Waals surface area contributed by atoms with Gasteiger partial charge in [0, 0.05) is 44.0 Å². The van der Waals surface area contributed by atoms with Gasteiger partial charge in [-0.25, -0.2) is 0 Å². The van der Waals surface area contributed by atoms with E-state index in [1.165, 1.54) is 115 Å². The Morgan fingerprint density at radius 1 is 0.289 bits per heavy atom. The summed E-state index contributed by atoms with van der Waals surface area (Å²) in [6.07, 6.45) is 0. The highest BCUT2D eigenvalue weighted by molar-refractivity contribution is 6.30. The van der Waals surface area contributed by atoms with Crippen LogP contribution in [0.2, 0.25) is 0 Å². The number of rotatable bonds is 6. The third-order valence-electron chi connectivity index (χ3n) is 17.0. The molecule has 2 aromatic heterocycles. The minimum Gasteiger partial charge on any atom is -0.455 e. The van der Waals surface area contributed by atoms with Gasteiger partial charge in [-0.1, -0.05) is 232 Å². The van der Waals surface area contributed by atoms with Crippen LogP contribution in [0.1, 0.15) is 47.6 Å². The van der Waals surface area contributed by atoms with Crippen molar-refractivity contribution in [2.24, 2.45) is 0 Å². The van der Waals surface area contributed by atoms with E-state index in [0.717, 1.165) is 44.6 Å². The van der Waals surface area contributed by atoms with Gasteiger partial charge in [0.05, 0.1) is 0 Å². The van der Waals surface area contributed by atoms with E-state index >= 15 is 0 Å². The molecule has 13 aromatic carbocycles. The molecular formula is C74H48O2. The average Bonchev–Trinajstić information content (AvgIpc) is 4.15. The van der Waals surface area contributed by atoms with E-state index in [4.69, 9.17) is 8.83 Å². The van der Waals surface area contributed by atoms with Crippen molar-refractivity contribution in [2.75, 3.05) is 0 Å². The van der Waals surface area contributed by atoms with Crippen LogP contribution in [0.5, 0.6) is 0 Å². The van der Waals surface area contributed by atoms with Gasteiger partial charge in [-0.2, -0.15) is 0 Å². The first-order chi connectivity index (χ1) is 37.4. The first-order valence-corrected chi connectivity index (χ1v) is 26.5. The van der Waals surface area contributed by atoms with Gasteiger partial charge in [-0.05, 0) is 135 Å². The second-order valence-corrected chi connectivity index (χ2v) is 21.5. The molecule has 0 atom stereocenters. The van der Waals surface area contributed by atoms with Crippen molar-refractivity contribution in [3.63, 3.8) is 0 Å². The van der Waals surface area contributed by atoms with Gasteiger partial charge < -0.3 is 8.83 Å². The zero-order valence-electron chi connectivity index (χ0n) is 42.1. The van der Waals surface area contributed by atoms with Gasteiger partial charge in [0.1, 0.15) is 22.3 Å². The average molecular weight is 969 g/mol. The van der Waals surface area contributed by atoms with E-state index in [-0.39, 0.29) is 11.3 Å². The Morgan fingerprint density at radius 3 is 1.21 bits per heavy atom. The summed E-state index contributed by atoms with van der Waals surface area (Å²) < 4.78 is 13.8. The van der Waals surface area contributed by atoms with Crippen LogP contribution < -0.4 is 0 Å². The molecule has 0 saturated heterocycles. The number of hydrogen-bond acceptors (Lipinski definition) is 2. The highest BCUT2D eigenvalue weighted by atomic mass is 16.3. The standard InChI is InChI=1S/C74H48O2/c1-74(2)63-42-51(44-14-4-3-5-15-44)32-36-59(63)60-37-33-54(43-64(60)74)67(49-28-24-47(25-29-49)61-40-52-18-8-12-22-57(52)70-68-55-20-10-6-16-45(55)34-38-65(68)75-72(61)70)50-30-26-48(27-31-50)62-41-53-19-9-13-23-58(53)71-69-56-21-11-7-17-46(56)35-39-66(69)76-73(62)71/h3-43,67H,1-2H3. The third kappa shape index (κ3) is 6.34. The quantitative estimate of drug-likeness (QED) is 0.155. The minimum absolute atomic E-state index is 0.0591. The first kappa shape index (κ1) is 43.0. The van der Waals surface area contributed by atoms with Crippen LogP contribution in [0.3, 0.4) is 0 Å². The molecule has 0 fully saturated rings. The van der Waals surface area contributed by atoms with E-state index < -0.39 is 0 Å². The van der Waals surface area contributed by atoms with Crippen LogP contribution in [0.15, 0.2) is 258 Å². The summed E-state index contributed by atoms with van der Waals surface area (Å²) in [6.45, 7) is 4.79. The SMILES string of the molecule is CC1(C)c2cc(-c3ccccc3)ccc2-c2ccc(C(c3ccc(-c4cc5ccccc5c5c4oc4ccc6ccccc6c45)cc3)c3ccc(-c4cc5ccccc5c5c4oc4ccc6ccccc6c45)cc3)cc21. The maximum absolute atomic E-state index is 6.92. The van der Waals surface area contributed by atoms with Crippen molar-refractivity contribution in [2.45, 2.75) is 25.2 Å². The van der Waals surface area contributed by atoms with Gasteiger partial charge in [0.25, 0.3) is 0 Å². The maximum Gasteiger partial charge on any atom is 0.143 e. The number of fused-ring (bicyclic) bond motifs is 17. The first-order valence-electron chi connectivity index (χ1n) is 26.5. The van der Waals surface area contributed by atoms with Crippen molar-refractivity contribution in [3.05, 3.63) is 277 Å². The Kier molecular flexibility index (Phi) is 9.18. The maximum atomic E-state index is 6.92. The van der Waals surface area contributed by atoms with Crippen LogP contribution in [0.25, 0.3) is 131 Å². The molecule has 2 heterocycles. The van der Waals surface area contributed by atoms with Crippen molar-refractivity contribution < 1.29 is 8.83 Å². The number of benzene rings is 13. The largest absolute Gasteiger partial charge is 0.455 e. The van der Waals surface area contributed by atoms with Crippen LogP contribution in [0, 0.1) is 0 Å². The van der Waals surface area contributed by atoms with Crippen LogP contribution in [0.4, 0.5) is 0 Å². The van der Waals surface area contributed by atoms with Crippen LogP contribution >= 0.6 is 0 Å². The molecule has 0 bridgehead atoms. The summed E-state index contributed by atoms with van der Waals surface area (Å²) in [7, 11) is 0. The molecule has 0 aliphatic heterocycles. The summed E-state index contributed by atoms with van der Waals surface area (Å²) in [6, 6.07) is 91.6. The summed E-state index contributed by atoms with van der Waals surface area (Å²) in [5, 5.41) is 14.3. The lowest BCUT2D eigenvalue weighted by atomic mass is 9.78. The summed E-state index contributed by atoms with van der Waals surface area (Å²) in [5.41, 5.74) is 19.4. The highest BCUT2D eigenvalue weighted by Gasteiger charge is 2.37. The Morgan fingerprint density at radius 2 is 0.697 bits per heavy atom. The molecule has 76 heavy (non-hydrogen) atoms. The lowest BCUT2D eigenvalue weighted by molar-refractivity contribution is 0.659. The Bertz CT molecular complexity index is 4640. The summed E-state index contributed by atoms with van der Waals surface area (Å²) in [5.74, 6) is -0.0591. The molecule has 0 N–H and O–H groups in total. The molecule has 356 valence electrons. The smallest absolute Gasteiger partial charge is 0.143 e. The van der Waals surface area contributed by atoms with E-state index in [0.29, 0.717) is 0 Å². The Hall–Kier alpha value is -9.50. The van der Waals surface area contributed by atoms with E-state index in [1.807, 2.05) is 0 Å². The molecular weight excluding hydrogens is 921 g/mol. The van der Waals surface area contributed by atoms with Crippen molar-refractivity contribution >= 4 is 87.0 Å². The molecule has 2 heteroatoms. The monoisotopic (exact) mass is 968 g/mol. The van der Waals surface area contributed by atoms with Crippen molar-refractivity contribution in [3.8, 4) is 44.5 Å². The fraction of sp³-hybridized carbons (Fsp3) is 0.0541. The molecule has 2 nitrogen and oxygen atoms in total. The van der Waals surface area contributed by atoms with Gasteiger partial charge in [-0.3, -0.25) is 0 Å². The molecule has 16 rings (SSSR count). The molecule has 1 aliphatic rings. The molecule has 0 amide bonds. The zero-order chi connectivity index (χ0) is 50.2. The third-order valence-corrected chi connectivity index (χ3v) is 17.0. The Labute approximate surface area is 439 Å². The van der Waals surface area contributed by atoms with Gasteiger partial charge >= 0.3 is 0 Å². The van der Waals surface area contributed by atoms with Crippen LogP contribution in [-0.2, 0) is 5.41 Å². The topological polar surface area (TPSA) is 26.3 Å².